The normalized spacial score (nSPS) is 12.3. The lowest BCUT2D eigenvalue weighted by Gasteiger charge is -2.14. The van der Waals surface area contributed by atoms with Gasteiger partial charge in [-0.3, -0.25) is 4.79 Å². The monoisotopic (exact) mass is 383 g/mol. The molecule has 0 aliphatic heterocycles. The summed E-state index contributed by atoms with van der Waals surface area (Å²) >= 11 is 0. The molecule has 0 aliphatic rings. The summed E-state index contributed by atoms with van der Waals surface area (Å²) in [6.45, 7) is 5.79. The van der Waals surface area contributed by atoms with Crippen molar-refractivity contribution < 1.29 is 19.4 Å². The molecule has 0 aromatic heterocycles. The second-order valence-electron chi connectivity index (χ2n) is 7.01. The molecule has 2 aromatic carbocycles. The Morgan fingerprint density at radius 1 is 1.04 bits per heavy atom. The Labute approximate surface area is 167 Å². The number of aliphatic hydroxyl groups is 1. The van der Waals surface area contributed by atoms with Crippen LogP contribution in [-0.2, 0) is 0 Å². The molecule has 2 rings (SSSR count). The number of hydrogen-bond donors (Lipinski definition) is 2. The van der Waals surface area contributed by atoms with Crippen molar-refractivity contribution in [3.05, 3.63) is 65.7 Å². The topological polar surface area (TPSA) is 67.8 Å². The third-order valence-electron chi connectivity index (χ3n) is 4.06. The van der Waals surface area contributed by atoms with Gasteiger partial charge >= 0.3 is 0 Å². The number of ether oxygens (including phenoxy) is 2. The largest absolute Gasteiger partial charge is 0.497 e. The van der Waals surface area contributed by atoms with E-state index in [1.54, 1.807) is 43.5 Å². The highest BCUT2D eigenvalue weighted by atomic mass is 16.5. The number of carbonyl (C=O) groups is 1. The molecule has 0 spiro atoms. The third-order valence-corrected chi connectivity index (χ3v) is 4.06. The van der Waals surface area contributed by atoms with Crippen LogP contribution in [0.2, 0.25) is 0 Å². The van der Waals surface area contributed by atoms with Gasteiger partial charge in [0.05, 0.1) is 7.11 Å². The smallest absolute Gasteiger partial charge is 0.185 e. The predicted molar refractivity (Wildman–Crippen MR) is 112 cm³/mol. The molecule has 5 heteroatoms. The van der Waals surface area contributed by atoms with Crippen LogP contribution in [0.4, 0.5) is 0 Å². The average molecular weight is 383 g/mol. The van der Waals surface area contributed by atoms with E-state index in [0.29, 0.717) is 23.8 Å². The number of benzene rings is 2. The molecular formula is C23H29NO4. The minimum atomic E-state index is -0.576. The summed E-state index contributed by atoms with van der Waals surface area (Å²) in [5, 5.41) is 13.1. The van der Waals surface area contributed by atoms with Gasteiger partial charge in [-0.15, -0.1) is 0 Å². The molecule has 2 N–H and O–H groups in total. The van der Waals surface area contributed by atoms with Gasteiger partial charge in [0.25, 0.3) is 0 Å². The number of allylic oxidation sites excluding steroid dienone is 1. The molecule has 0 fully saturated rings. The number of carbonyl (C=O) groups excluding carboxylic acids is 1. The van der Waals surface area contributed by atoms with Crippen molar-refractivity contribution in [2.75, 3.05) is 26.8 Å². The summed E-state index contributed by atoms with van der Waals surface area (Å²) in [5.74, 6) is 1.86. The van der Waals surface area contributed by atoms with Crippen molar-refractivity contribution in [3.63, 3.8) is 0 Å². The van der Waals surface area contributed by atoms with E-state index >= 15 is 0 Å². The Morgan fingerprint density at radius 2 is 1.68 bits per heavy atom. The van der Waals surface area contributed by atoms with Crippen LogP contribution in [0.5, 0.6) is 11.5 Å². The lowest BCUT2D eigenvalue weighted by molar-refractivity contribution is 0.104. The van der Waals surface area contributed by atoms with E-state index < -0.39 is 6.10 Å². The van der Waals surface area contributed by atoms with Gasteiger partial charge in [-0.2, -0.15) is 0 Å². The Hall–Kier alpha value is -2.63. The standard InChI is InChI=1S/C23H29NO4/c1-17(2)14-24-15-20(25)16-28-22-11-7-19(8-12-22)23(26)13-6-18-4-9-21(27-3)10-5-18/h4-13,17,20,24-25H,14-16H2,1-3H3. The minimum Gasteiger partial charge on any atom is -0.497 e. The van der Waals surface area contributed by atoms with Crippen molar-refractivity contribution in [1.29, 1.82) is 0 Å². The molecule has 0 bridgehead atoms. The molecule has 0 radical (unpaired) electrons. The van der Waals surface area contributed by atoms with Crippen molar-refractivity contribution in [1.82, 2.24) is 5.32 Å². The van der Waals surface area contributed by atoms with Gasteiger partial charge < -0.3 is 19.9 Å². The van der Waals surface area contributed by atoms with E-state index in [4.69, 9.17) is 9.47 Å². The van der Waals surface area contributed by atoms with Gasteiger partial charge in [-0.25, -0.2) is 0 Å². The fraction of sp³-hybridized carbons (Fsp3) is 0.348. The molecule has 150 valence electrons. The zero-order valence-electron chi connectivity index (χ0n) is 16.7. The molecule has 1 unspecified atom stereocenters. The number of ketones is 1. The Kier molecular flexibility index (Phi) is 8.72. The van der Waals surface area contributed by atoms with Crippen LogP contribution < -0.4 is 14.8 Å². The fourth-order valence-electron chi connectivity index (χ4n) is 2.49. The summed E-state index contributed by atoms with van der Waals surface area (Å²) in [4.78, 5) is 12.3. The number of aliphatic hydroxyl groups excluding tert-OH is 1. The van der Waals surface area contributed by atoms with Gasteiger partial charge in [0.15, 0.2) is 5.78 Å². The number of nitrogens with one attached hydrogen (secondary N) is 1. The number of methoxy groups -OCH3 is 1. The highest BCUT2D eigenvalue weighted by Crippen LogP contribution is 2.15. The maximum atomic E-state index is 12.3. The van der Waals surface area contributed by atoms with Crippen LogP contribution in [0, 0.1) is 5.92 Å². The first-order valence-corrected chi connectivity index (χ1v) is 9.46. The van der Waals surface area contributed by atoms with E-state index in [0.717, 1.165) is 17.9 Å². The quantitative estimate of drug-likeness (QED) is 0.459. The number of rotatable bonds is 11. The van der Waals surface area contributed by atoms with E-state index in [2.05, 4.69) is 19.2 Å². The molecule has 0 amide bonds. The lowest BCUT2D eigenvalue weighted by atomic mass is 10.1. The van der Waals surface area contributed by atoms with Crippen LogP contribution in [0.15, 0.2) is 54.6 Å². The summed E-state index contributed by atoms with van der Waals surface area (Å²) in [6, 6.07) is 14.4. The predicted octanol–water partition coefficient (Wildman–Crippen LogP) is 3.58. The van der Waals surface area contributed by atoms with Crippen LogP contribution >= 0.6 is 0 Å². The summed E-state index contributed by atoms with van der Waals surface area (Å²) in [6.07, 6.45) is 2.74. The molecule has 0 saturated heterocycles. The second-order valence-corrected chi connectivity index (χ2v) is 7.01. The maximum absolute atomic E-state index is 12.3. The van der Waals surface area contributed by atoms with E-state index in [9.17, 15) is 9.90 Å². The molecule has 2 aromatic rings. The number of hydrogen-bond acceptors (Lipinski definition) is 5. The minimum absolute atomic E-state index is 0.0831. The van der Waals surface area contributed by atoms with Crippen molar-refractivity contribution >= 4 is 11.9 Å². The first-order chi connectivity index (χ1) is 13.5. The first kappa shape index (κ1) is 21.7. The van der Waals surface area contributed by atoms with E-state index in [1.165, 1.54) is 0 Å². The van der Waals surface area contributed by atoms with Gasteiger partial charge in [0, 0.05) is 12.1 Å². The molecule has 0 aliphatic carbocycles. The van der Waals surface area contributed by atoms with Gasteiger partial charge in [-0.05, 0) is 60.5 Å². The van der Waals surface area contributed by atoms with Gasteiger partial charge in [-0.1, -0.05) is 32.1 Å². The Morgan fingerprint density at radius 3 is 2.29 bits per heavy atom. The zero-order valence-corrected chi connectivity index (χ0v) is 16.7. The average Bonchev–Trinajstić information content (AvgIpc) is 2.71. The van der Waals surface area contributed by atoms with Crippen molar-refractivity contribution in [3.8, 4) is 11.5 Å². The van der Waals surface area contributed by atoms with Crippen molar-refractivity contribution in [2.24, 2.45) is 5.92 Å². The van der Waals surface area contributed by atoms with Crippen LogP contribution in [0.3, 0.4) is 0 Å². The first-order valence-electron chi connectivity index (χ1n) is 9.46. The van der Waals surface area contributed by atoms with Gasteiger partial charge in [0.1, 0.15) is 24.2 Å². The second kappa shape index (κ2) is 11.3. The lowest BCUT2D eigenvalue weighted by Crippen LogP contribution is -2.33. The van der Waals surface area contributed by atoms with E-state index in [1.807, 2.05) is 24.3 Å². The van der Waals surface area contributed by atoms with Crippen molar-refractivity contribution in [2.45, 2.75) is 20.0 Å². The highest BCUT2D eigenvalue weighted by Gasteiger charge is 2.07. The van der Waals surface area contributed by atoms with E-state index in [-0.39, 0.29) is 12.4 Å². The van der Waals surface area contributed by atoms with Gasteiger partial charge in [0.2, 0.25) is 0 Å². The molecule has 28 heavy (non-hydrogen) atoms. The zero-order chi connectivity index (χ0) is 20.4. The molecule has 0 heterocycles. The summed E-state index contributed by atoms with van der Waals surface area (Å²) < 4.78 is 10.7. The molecule has 1 atom stereocenters. The Bertz CT molecular complexity index is 751. The molecular weight excluding hydrogens is 354 g/mol. The fourth-order valence-corrected chi connectivity index (χ4v) is 2.49. The molecule has 0 saturated carbocycles. The summed E-state index contributed by atoms with van der Waals surface area (Å²) in [7, 11) is 1.62. The maximum Gasteiger partial charge on any atom is 0.185 e. The SMILES string of the molecule is COc1ccc(C=CC(=O)c2ccc(OCC(O)CNCC(C)C)cc2)cc1. The highest BCUT2D eigenvalue weighted by molar-refractivity contribution is 6.06. The Balaban J connectivity index is 1.82. The third kappa shape index (κ3) is 7.55. The van der Waals surface area contributed by atoms with Crippen LogP contribution in [0.25, 0.3) is 6.08 Å². The summed E-state index contributed by atoms with van der Waals surface area (Å²) in [5.41, 5.74) is 1.51. The van der Waals surface area contributed by atoms with Crippen LogP contribution in [-0.4, -0.2) is 43.8 Å². The molecule has 5 nitrogen and oxygen atoms in total. The van der Waals surface area contributed by atoms with Crippen LogP contribution in [0.1, 0.15) is 29.8 Å².